The van der Waals surface area contributed by atoms with Crippen molar-refractivity contribution in [2.24, 2.45) is 0 Å². The molecule has 0 aromatic carbocycles. The molecule has 0 radical (unpaired) electrons. The molecule has 0 bridgehead atoms. The van der Waals surface area contributed by atoms with Gasteiger partial charge in [0.15, 0.2) is 0 Å². The van der Waals surface area contributed by atoms with E-state index in [2.05, 4.69) is 15.1 Å². The van der Waals surface area contributed by atoms with Crippen LogP contribution < -0.4 is 5.32 Å². The number of nitrogens with zero attached hydrogens (tertiary/aromatic N) is 4. The maximum Gasteiger partial charge on any atom is 0.146 e. The lowest BCUT2D eigenvalue weighted by atomic mass is 10.2. The highest BCUT2D eigenvalue weighted by atomic mass is 32.1. The van der Waals surface area contributed by atoms with Crippen LogP contribution in [0.15, 0.2) is 0 Å². The average molecular weight is 418 g/mol. The van der Waals surface area contributed by atoms with E-state index < -0.39 is 0 Å². The first kappa shape index (κ1) is 19.6. The van der Waals surface area contributed by atoms with E-state index in [-0.39, 0.29) is 0 Å². The van der Waals surface area contributed by atoms with Crippen LogP contribution in [-0.4, -0.2) is 85.5 Å². The van der Waals surface area contributed by atoms with Crippen molar-refractivity contribution in [1.82, 2.24) is 19.8 Å². The molecule has 2 saturated heterocycles. The Bertz CT molecular complexity index is 830. The average Bonchev–Trinajstić information content (AvgIpc) is 3.33. The number of rotatable bonds is 7. The van der Waals surface area contributed by atoms with Crippen LogP contribution in [0.4, 0.5) is 5.82 Å². The number of anilines is 1. The summed E-state index contributed by atoms with van der Waals surface area (Å²) in [6, 6.07) is 0. The molecule has 0 saturated carbocycles. The van der Waals surface area contributed by atoms with E-state index in [0.29, 0.717) is 0 Å². The quantitative estimate of drug-likeness (QED) is 0.693. The van der Waals surface area contributed by atoms with Gasteiger partial charge in [0.1, 0.15) is 16.5 Å². The molecule has 2 aromatic heterocycles. The van der Waals surface area contributed by atoms with Gasteiger partial charge in [0.05, 0.1) is 38.4 Å². The predicted octanol–water partition coefficient (Wildman–Crippen LogP) is 2.15. The summed E-state index contributed by atoms with van der Waals surface area (Å²) >= 11 is 1.88. The lowest BCUT2D eigenvalue weighted by Gasteiger charge is -2.26. The summed E-state index contributed by atoms with van der Waals surface area (Å²) in [5, 5.41) is 4.97. The van der Waals surface area contributed by atoms with Gasteiger partial charge in [-0.3, -0.25) is 9.80 Å². The summed E-state index contributed by atoms with van der Waals surface area (Å²) in [6.07, 6.45) is 4.76. The van der Waals surface area contributed by atoms with Crippen molar-refractivity contribution in [3.63, 3.8) is 0 Å². The van der Waals surface area contributed by atoms with Crippen molar-refractivity contribution in [3.8, 4) is 0 Å². The lowest BCUT2D eigenvalue weighted by molar-refractivity contribution is 0.0331. The van der Waals surface area contributed by atoms with Crippen molar-refractivity contribution in [1.29, 1.82) is 0 Å². The van der Waals surface area contributed by atoms with E-state index in [1.54, 1.807) is 0 Å². The Morgan fingerprint density at radius 3 is 2.48 bits per heavy atom. The minimum absolute atomic E-state index is 0.808. The summed E-state index contributed by atoms with van der Waals surface area (Å²) in [6.45, 7) is 10.3. The Morgan fingerprint density at radius 1 is 0.931 bits per heavy atom. The van der Waals surface area contributed by atoms with Crippen molar-refractivity contribution < 1.29 is 9.47 Å². The monoisotopic (exact) mass is 417 g/mol. The van der Waals surface area contributed by atoms with Crippen LogP contribution in [0.3, 0.4) is 0 Å². The predicted molar refractivity (Wildman–Crippen MR) is 116 cm³/mol. The van der Waals surface area contributed by atoms with E-state index >= 15 is 0 Å². The zero-order valence-corrected chi connectivity index (χ0v) is 17.9. The molecule has 4 heterocycles. The normalized spacial score (nSPS) is 21.0. The highest BCUT2D eigenvalue weighted by Gasteiger charge is 2.23. The van der Waals surface area contributed by atoms with E-state index in [0.717, 1.165) is 90.3 Å². The number of hydrogen-bond donors (Lipinski definition) is 1. The van der Waals surface area contributed by atoms with Gasteiger partial charge >= 0.3 is 0 Å². The number of ether oxygens (including phenoxy) is 2. The summed E-state index contributed by atoms with van der Waals surface area (Å²) in [4.78, 5) is 17.5. The van der Waals surface area contributed by atoms with Gasteiger partial charge in [0.25, 0.3) is 0 Å². The maximum atomic E-state index is 5.48. The summed E-state index contributed by atoms with van der Waals surface area (Å²) in [7, 11) is 0. The molecule has 2 aliphatic heterocycles. The fraction of sp³-hybridized carbons (Fsp3) is 0.714. The number of thiophene rings is 1. The second kappa shape index (κ2) is 9.22. The third-order valence-electron chi connectivity index (χ3n) is 6.13. The van der Waals surface area contributed by atoms with Crippen molar-refractivity contribution in [2.45, 2.75) is 32.2 Å². The zero-order valence-electron chi connectivity index (χ0n) is 17.1. The number of hydrogen-bond acceptors (Lipinski definition) is 8. The highest BCUT2D eigenvalue weighted by Crippen LogP contribution is 2.39. The lowest BCUT2D eigenvalue weighted by Crippen LogP contribution is -2.37. The first-order chi connectivity index (χ1) is 14.4. The van der Waals surface area contributed by atoms with Gasteiger partial charge in [-0.05, 0) is 37.8 Å². The topological polar surface area (TPSA) is 62.8 Å². The molecular weight excluding hydrogens is 386 g/mol. The van der Waals surface area contributed by atoms with E-state index in [9.17, 15) is 0 Å². The molecule has 2 fully saturated rings. The molecule has 1 aliphatic carbocycles. The molecule has 0 spiro atoms. The Balaban J connectivity index is 1.30. The fourth-order valence-electron chi connectivity index (χ4n) is 4.53. The van der Waals surface area contributed by atoms with Gasteiger partial charge in [-0.2, -0.15) is 0 Å². The second-order valence-corrected chi connectivity index (χ2v) is 9.23. The fourth-order valence-corrected chi connectivity index (χ4v) is 5.81. The maximum absolute atomic E-state index is 5.48. The number of morpholine rings is 2. The molecule has 8 heteroatoms. The SMILES string of the molecule is C1Cc2sc3nc(CN4CCOCC4)nc(NCCCN4CCOCC4)c3c2C1. The van der Waals surface area contributed by atoms with Crippen LogP contribution in [0, 0.1) is 0 Å². The molecule has 0 unspecified atom stereocenters. The summed E-state index contributed by atoms with van der Waals surface area (Å²) in [5.74, 6) is 2.00. The summed E-state index contributed by atoms with van der Waals surface area (Å²) < 4.78 is 10.9. The Kier molecular flexibility index (Phi) is 6.24. The van der Waals surface area contributed by atoms with Crippen LogP contribution >= 0.6 is 11.3 Å². The highest BCUT2D eigenvalue weighted by molar-refractivity contribution is 7.19. The minimum atomic E-state index is 0.808. The molecule has 1 N–H and O–H groups in total. The third-order valence-corrected chi connectivity index (χ3v) is 7.31. The Hall–Kier alpha value is -1.32. The number of aromatic nitrogens is 2. The molecule has 0 amide bonds. The molecule has 3 aliphatic rings. The molecule has 0 atom stereocenters. The van der Waals surface area contributed by atoms with Gasteiger partial charge < -0.3 is 14.8 Å². The smallest absolute Gasteiger partial charge is 0.146 e. The van der Waals surface area contributed by atoms with Crippen LogP contribution in [0.2, 0.25) is 0 Å². The molecule has 5 rings (SSSR count). The number of nitrogens with one attached hydrogen (secondary N) is 1. The van der Waals surface area contributed by atoms with Crippen LogP contribution in [-0.2, 0) is 28.9 Å². The first-order valence-corrected chi connectivity index (χ1v) is 11.8. The zero-order chi connectivity index (χ0) is 19.5. The molecule has 2 aromatic rings. The van der Waals surface area contributed by atoms with Crippen LogP contribution in [0.25, 0.3) is 10.2 Å². The van der Waals surface area contributed by atoms with Crippen molar-refractivity contribution >= 4 is 27.4 Å². The van der Waals surface area contributed by atoms with E-state index in [1.165, 1.54) is 39.9 Å². The third kappa shape index (κ3) is 4.56. The first-order valence-electron chi connectivity index (χ1n) is 11.0. The van der Waals surface area contributed by atoms with E-state index in [4.69, 9.17) is 19.4 Å². The van der Waals surface area contributed by atoms with E-state index in [1.807, 2.05) is 11.3 Å². The van der Waals surface area contributed by atoms with Gasteiger partial charge in [0, 0.05) is 37.6 Å². The largest absolute Gasteiger partial charge is 0.379 e. The van der Waals surface area contributed by atoms with Crippen LogP contribution in [0.1, 0.15) is 29.1 Å². The standard InChI is InChI=1S/C21H31N5O2S/c1-3-16-17(4-1)29-21-19(16)20(22-5-2-6-25-7-11-27-12-8-25)23-18(24-21)15-26-9-13-28-14-10-26/h1-15H2,(H,22,23,24). The van der Waals surface area contributed by atoms with Crippen molar-refractivity contribution in [2.75, 3.05) is 71.0 Å². The summed E-state index contributed by atoms with van der Waals surface area (Å²) in [5.41, 5.74) is 1.50. The Morgan fingerprint density at radius 2 is 1.69 bits per heavy atom. The van der Waals surface area contributed by atoms with Gasteiger partial charge in [-0.25, -0.2) is 9.97 Å². The number of fused-ring (bicyclic) bond motifs is 3. The molecule has 158 valence electrons. The minimum Gasteiger partial charge on any atom is -0.379 e. The number of aryl methyl sites for hydroxylation is 2. The Labute approximate surface area is 176 Å². The van der Waals surface area contributed by atoms with Crippen molar-refractivity contribution in [3.05, 3.63) is 16.3 Å². The van der Waals surface area contributed by atoms with Gasteiger partial charge in [-0.15, -0.1) is 11.3 Å². The van der Waals surface area contributed by atoms with Gasteiger partial charge in [-0.1, -0.05) is 0 Å². The van der Waals surface area contributed by atoms with Gasteiger partial charge in [0.2, 0.25) is 0 Å². The molecule has 29 heavy (non-hydrogen) atoms. The second-order valence-electron chi connectivity index (χ2n) is 8.15. The molecule has 7 nitrogen and oxygen atoms in total. The molecular formula is C21H31N5O2S. The van der Waals surface area contributed by atoms with Crippen LogP contribution in [0.5, 0.6) is 0 Å².